The van der Waals surface area contributed by atoms with E-state index in [1.54, 1.807) is 26.3 Å². The van der Waals surface area contributed by atoms with E-state index in [2.05, 4.69) is 4.98 Å². The van der Waals surface area contributed by atoms with E-state index in [9.17, 15) is 4.79 Å². The van der Waals surface area contributed by atoms with Gasteiger partial charge in [0.2, 0.25) is 5.88 Å². The Morgan fingerprint density at radius 1 is 1.00 bits per heavy atom. The molecule has 0 aliphatic heterocycles. The molecule has 0 amide bonds. The van der Waals surface area contributed by atoms with Crippen LogP contribution < -0.4 is 9.47 Å². The first kappa shape index (κ1) is 16.7. The van der Waals surface area contributed by atoms with Crippen LogP contribution in [-0.2, 0) is 6.61 Å². The molecule has 25 heavy (non-hydrogen) atoms. The lowest BCUT2D eigenvalue weighted by Crippen LogP contribution is -2.02. The fraction of sp³-hybridized carbons (Fsp3) is 0.143. The van der Waals surface area contributed by atoms with Crippen LogP contribution in [0.5, 0.6) is 11.6 Å². The number of hydrogen-bond acceptors (Lipinski definition) is 4. The van der Waals surface area contributed by atoms with Gasteiger partial charge in [0, 0.05) is 17.8 Å². The Bertz CT molecular complexity index is 858. The number of aromatic nitrogens is 1. The minimum absolute atomic E-state index is 0.0358. The van der Waals surface area contributed by atoms with Gasteiger partial charge in [0.15, 0.2) is 5.78 Å². The van der Waals surface area contributed by atoms with Gasteiger partial charge in [-0.2, -0.15) is 0 Å². The Balaban J connectivity index is 1.86. The monoisotopic (exact) mass is 333 g/mol. The van der Waals surface area contributed by atoms with E-state index in [-0.39, 0.29) is 5.78 Å². The van der Waals surface area contributed by atoms with E-state index in [1.807, 2.05) is 54.6 Å². The molecule has 126 valence electrons. The van der Waals surface area contributed by atoms with Crippen LogP contribution in [0.4, 0.5) is 0 Å². The number of ketones is 1. The maximum absolute atomic E-state index is 12.0. The third-order valence-electron chi connectivity index (χ3n) is 3.87. The molecule has 0 radical (unpaired) electrons. The lowest BCUT2D eigenvalue weighted by molar-refractivity contribution is 0.101. The van der Waals surface area contributed by atoms with Crippen molar-refractivity contribution in [2.75, 3.05) is 7.11 Å². The molecule has 3 aromatic rings. The number of Topliss-reactive ketones (excluding diaryl/α,β-unsaturated/α-hetero) is 1. The lowest BCUT2D eigenvalue weighted by atomic mass is 10.0. The van der Waals surface area contributed by atoms with E-state index >= 15 is 0 Å². The summed E-state index contributed by atoms with van der Waals surface area (Å²) in [5.74, 6) is 1.10. The van der Waals surface area contributed by atoms with Crippen molar-refractivity contribution in [1.29, 1.82) is 0 Å². The molecule has 1 heterocycles. The molecule has 0 spiro atoms. The number of carbonyl (C=O) groups excluding carboxylic acids is 1. The van der Waals surface area contributed by atoms with Crippen molar-refractivity contribution in [3.05, 3.63) is 78.0 Å². The predicted octanol–water partition coefficient (Wildman–Crippen LogP) is 4.54. The Hall–Kier alpha value is -3.14. The SMILES string of the molecule is COc1ccc(-c2ccc(OCc3ccccc3)c(C(C)=O)c2)cn1. The molecular formula is C21H19NO3. The van der Waals surface area contributed by atoms with Crippen molar-refractivity contribution in [2.24, 2.45) is 0 Å². The number of rotatable bonds is 6. The van der Waals surface area contributed by atoms with Gasteiger partial charge in [0.25, 0.3) is 0 Å². The maximum atomic E-state index is 12.0. The molecule has 3 rings (SSSR count). The van der Waals surface area contributed by atoms with Gasteiger partial charge in [-0.3, -0.25) is 4.79 Å². The first-order valence-corrected chi connectivity index (χ1v) is 7.99. The van der Waals surface area contributed by atoms with Crippen LogP contribution in [-0.4, -0.2) is 17.9 Å². The van der Waals surface area contributed by atoms with E-state index in [0.717, 1.165) is 16.7 Å². The second-order valence-corrected chi connectivity index (χ2v) is 5.63. The molecule has 0 saturated carbocycles. The van der Waals surface area contributed by atoms with Crippen molar-refractivity contribution in [3.8, 4) is 22.8 Å². The average Bonchev–Trinajstić information content (AvgIpc) is 2.67. The summed E-state index contributed by atoms with van der Waals surface area (Å²) in [5, 5.41) is 0. The smallest absolute Gasteiger partial charge is 0.212 e. The van der Waals surface area contributed by atoms with Crippen LogP contribution in [0.1, 0.15) is 22.8 Å². The first-order valence-electron chi connectivity index (χ1n) is 7.99. The topological polar surface area (TPSA) is 48.4 Å². The Morgan fingerprint density at radius 2 is 1.76 bits per heavy atom. The van der Waals surface area contributed by atoms with Crippen LogP contribution >= 0.6 is 0 Å². The second-order valence-electron chi connectivity index (χ2n) is 5.63. The van der Waals surface area contributed by atoms with Gasteiger partial charge in [-0.05, 0) is 36.2 Å². The number of nitrogens with zero attached hydrogens (tertiary/aromatic N) is 1. The van der Waals surface area contributed by atoms with Crippen LogP contribution in [0.15, 0.2) is 66.9 Å². The highest BCUT2D eigenvalue weighted by Gasteiger charge is 2.11. The third-order valence-corrected chi connectivity index (χ3v) is 3.87. The number of pyridine rings is 1. The second kappa shape index (κ2) is 7.62. The van der Waals surface area contributed by atoms with Crippen molar-refractivity contribution in [1.82, 2.24) is 4.98 Å². The molecule has 1 aromatic heterocycles. The highest BCUT2D eigenvalue weighted by Crippen LogP contribution is 2.28. The summed E-state index contributed by atoms with van der Waals surface area (Å²) in [7, 11) is 1.58. The van der Waals surface area contributed by atoms with E-state index in [0.29, 0.717) is 23.8 Å². The summed E-state index contributed by atoms with van der Waals surface area (Å²) in [6.07, 6.45) is 1.72. The number of carbonyl (C=O) groups is 1. The van der Waals surface area contributed by atoms with Gasteiger partial charge in [-0.1, -0.05) is 36.4 Å². The third kappa shape index (κ3) is 4.04. The molecule has 4 nitrogen and oxygen atoms in total. The van der Waals surface area contributed by atoms with Crippen LogP contribution in [0.25, 0.3) is 11.1 Å². The first-order chi connectivity index (χ1) is 12.2. The number of benzene rings is 2. The largest absolute Gasteiger partial charge is 0.488 e. The summed E-state index contributed by atoms with van der Waals surface area (Å²) < 4.78 is 10.9. The lowest BCUT2D eigenvalue weighted by Gasteiger charge is -2.12. The molecule has 0 N–H and O–H groups in total. The number of hydrogen-bond donors (Lipinski definition) is 0. The fourth-order valence-electron chi connectivity index (χ4n) is 2.52. The molecule has 0 bridgehead atoms. The van der Waals surface area contributed by atoms with E-state index in [1.165, 1.54) is 0 Å². The molecular weight excluding hydrogens is 314 g/mol. The molecule has 2 aromatic carbocycles. The molecule has 0 fully saturated rings. The van der Waals surface area contributed by atoms with E-state index < -0.39 is 0 Å². The van der Waals surface area contributed by atoms with Crippen LogP contribution in [0, 0.1) is 0 Å². The molecule has 0 aliphatic rings. The molecule has 0 atom stereocenters. The summed E-state index contributed by atoms with van der Waals surface area (Å²) in [5.41, 5.74) is 3.44. The Kier molecular flexibility index (Phi) is 5.09. The van der Waals surface area contributed by atoms with Crippen LogP contribution in [0.3, 0.4) is 0 Å². The zero-order valence-corrected chi connectivity index (χ0v) is 14.2. The van der Waals surface area contributed by atoms with Crippen molar-refractivity contribution < 1.29 is 14.3 Å². The number of ether oxygens (including phenoxy) is 2. The van der Waals surface area contributed by atoms with Gasteiger partial charge >= 0.3 is 0 Å². The van der Waals surface area contributed by atoms with Crippen LogP contribution in [0.2, 0.25) is 0 Å². The predicted molar refractivity (Wildman–Crippen MR) is 97.0 cm³/mol. The summed E-state index contributed by atoms with van der Waals surface area (Å²) in [4.78, 5) is 16.3. The Labute approximate surface area is 147 Å². The van der Waals surface area contributed by atoms with Gasteiger partial charge < -0.3 is 9.47 Å². The van der Waals surface area contributed by atoms with Gasteiger partial charge in [0.05, 0.1) is 12.7 Å². The highest BCUT2D eigenvalue weighted by atomic mass is 16.5. The minimum Gasteiger partial charge on any atom is -0.488 e. The zero-order valence-electron chi connectivity index (χ0n) is 14.2. The zero-order chi connectivity index (χ0) is 17.6. The normalized spacial score (nSPS) is 10.3. The van der Waals surface area contributed by atoms with Crippen molar-refractivity contribution in [2.45, 2.75) is 13.5 Å². The molecule has 0 aliphatic carbocycles. The average molecular weight is 333 g/mol. The van der Waals surface area contributed by atoms with Gasteiger partial charge in [0.1, 0.15) is 12.4 Å². The quantitative estimate of drug-likeness (QED) is 0.621. The number of methoxy groups -OCH3 is 1. The maximum Gasteiger partial charge on any atom is 0.212 e. The summed E-state index contributed by atoms with van der Waals surface area (Å²) in [6.45, 7) is 1.96. The van der Waals surface area contributed by atoms with Crippen molar-refractivity contribution in [3.63, 3.8) is 0 Å². The fourth-order valence-corrected chi connectivity index (χ4v) is 2.52. The minimum atomic E-state index is -0.0358. The highest BCUT2D eigenvalue weighted by molar-refractivity contribution is 5.98. The van der Waals surface area contributed by atoms with Crippen molar-refractivity contribution >= 4 is 5.78 Å². The molecule has 0 saturated heterocycles. The van der Waals surface area contributed by atoms with Gasteiger partial charge in [-0.25, -0.2) is 4.98 Å². The van der Waals surface area contributed by atoms with Gasteiger partial charge in [-0.15, -0.1) is 0 Å². The summed E-state index contributed by atoms with van der Waals surface area (Å²) >= 11 is 0. The summed E-state index contributed by atoms with van der Waals surface area (Å²) in [6, 6.07) is 19.2. The molecule has 4 heteroatoms. The molecule has 0 unspecified atom stereocenters. The Morgan fingerprint density at radius 3 is 2.40 bits per heavy atom. The standard InChI is InChI=1S/C21H19NO3/c1-15(23)19-12-17(18-9-11-21(24-2)22-13-18)8-10-20(19)25-14-16-6-4-3-5-7-16/h3-13H,14H2,1-2H3. The van der Waals surface area contributed by atoms with E-state index in [4.69, 9.17) is 9.47 Å².